The van der Waals surface area contributed by atoms with Crippen LogP contribution >= 0.6 is 23.4 Å². The van der Waals surface area contributed by atoms with Gasteiger partial charge in [-0.25, -0.2) is 4.39 Å². The van der Waals surface area contributed by atoms with Gasteiger partial charge in [0.15, 0.2) is 0 Å². The third kappa shape index (κ3) is 4.08. The lowest BCUT2D eigenvalue weighted by atomic mass is 9.95. The van der Waals surface area contributed by atoms with Crippen molar-refractivity contribution in [3.8, 4) is 0 Å². The normalized spacial score (nSPS) is 19.3. The van der Waals surface area contributed by atoms with E-state index < -0.39 is 5.82 Å². The van der Waals surface area contributed by atoms with E-state index in [4.69, 9.17) is 11.6 Å². The van der Waals surface area contributed by atoms with Crippen molar-refractivity contribution in [2.45, 2.75) is 58.5 Å². The van der Waals surface area contributed by atoms with E-state index in [1.165, 1.54) is 56.0 Å². The van der Waals surface area contributed by atoms with Gasteiger partial charge in [-0.3, -0.25) is 14.5 Å². The molecule has 0 N–H and O–H groups in total. The molecule has 4 rings (SSSR count). The molecule has 2 amide bonds. The molecule has 0 radical (unpaired) electrons. The van der Waals surface area contributed by atoms with E-state index in [1.807, 2.05) is 6.08 Å². The van der Waals surface area contributed by atoms with Gasteiger partial charge in [-0.15, -0.1) is 0 Å². The van der Waals surface area contributed by atoms with E-state index in [1.54, 1.807) is 0 Å². The maximum absolute atomic E-state index is 13.3. The van der Waals surface area contributed by atoms with Gasteiger partial charge in [-0.2, -0.15) is 0 Å². The number of thioether (sulfide) groups is 1. The monoisotopic (exact) mass is 446 g/mol. The first-order chi connectivity index (χ1) is 14.3. The molecule has 0 spiro atoms. The molecule has 1 saturated heterocycles. The fraction of sp³-hybridized carbons (Fsp3) is 0.391. The van der Waals surface area contributed by atoms with Crippen LogP contribution in [0.15, 0.2) is 29.2 Å². The van der Waals surface area contributed by atoms with Crippen molar-refractivity contribution in [3.05, 3.63) is 62.5 Å². The summed E-state index contributed by atoms with van der Waals surface area (Å²) in [5.74, 6) is -0.793. The Kier molecular flexibility index (Phi) is 6.07. The quantitative estimate of drug-likeness (QED) is 0.494. The summed E-state index contributed by atoms with van der Waals surface area (Å²) in [6.45, 7) is 4.21. The lowest BCUT2D eigenvalue weighted by molar-refractivity contribution is -0.123. The molecule has 4 nitrogen and oxygen atoms in total. The number of nitrogens with zero attached hydrogens (tertiary/aromatic N) is 2. The summed E-state index contributed by atoms with van der Waals surface area (Å²) in [6, 6.07) is 6.57. The molecule has 0 bridgehead atoms. The Labute approximate surface area is 185 Å². The number of hydrogen-bond acceptors (Lipinski definition) is 3. The SMILES string of the molecule is Cc1cc(/C=C2\SC(=O)N(Cc3ccc(F)cc3Cl)C2=O)c(C)n1C1CCCCC1. The van der Waals surface area contributed by atoms with Gasteiger partial charge in [0.05, 0.1) is 11.4 Å². The van der Waals surface area contributed by atoms with Gasteiger partial charge in [0.25, 0.3) is 11.1 Å². The number of rotatable bonds is 4. The number of amides is 2. The molecule has 0 atom stereocenters. The summed E-state index contributed by atoms with van der Waals surface area (Å²) in [5, 5.41) is -0.137. The summed E-state index contributed by atoms with van der Waals surface area (Å²) >= 11 is 7.01. The minimum atomic E-state index is -0.453. The lowest BCUT2D eigenvalue weighted by Crippen LogP contribution is -2.27. The Morgan fingerprint density at radius 1 is 1.17 bits per heavy atom. The molecule has 2 aliphatic rings. The van der Waals surface area contributed by atoms with Gasteiger partial charge in [0.1, 0.15) is 5.82 Å². The fourth-order valence-electron chi connectivity index (χ4n) is 4.45. The first kappa shape index (κ1) is 21.2. The van der Waals surface area contributed by atoms with E-state index in [9.17, 15) is 14.0 Å². The first-order valence-corrected chi connectivity index (χ1v) is 11.4. The Hall–Kier alpha value is -2.05. The second-order valence-corrected chi connectivity index (χ2v) is 9.39. The Balaban J connectivity index is 1.58. The third-order valence-electron chi connectivity index (χ3n) is 5.97. The predicted molar refractivity (Wildman–Crippen MR) is 119 cm³/mol. The molecule has 2 heterocycles. The van der Waals surface area contributed by atoms with E-state index >= 15 is 0 Å². The van der Waals surface area contributed by atoms with Crippen LogP contribution in [-0.4, -0.2) is 20.6 Å². The second-order valence-electron chi connectivity index (χ2n) is 7.99. The van der Waals surface area contributed by atoms with Gasteiger partial charge in [0.2, 0.25) is 0 Å². The number of carbonyl (C=O) groups excluding carboxylic acids is 2. The first-order valence-electron chi connectivity index (χ1n) is 10.2. The number of imide groups is 1. The molecule has 30 heavy (non-hydrogen) atoms. The Bertz CT molecular complexity index is 1040. The molecule has 1 aromatic heterocycles. The largest absolute Gasteiger partial charge is 0.346 e. The van der Waals surface area contributed by atoms with Crippen LogP contribution < -0.4 is 0 Å². The predicted octanol–water partition coefficient (Wildman–Crippen LogP) is 6.64. The minimum Gasteiger partial charge on any atom is -0.346 e. The van der Waals surface area contributed by atoms with Gasteiger partial charge < -0.3 is 4.57 Å². The Morgan fingerprint density at radius 3 is 2.60 bits per heavy atom. The summed E-state index contributed by atoms with van der Waals surface area (Å²) in [6.07, 6.45) is 7.99. The maximum atomic E-state index is 13.3. The van der Waals surface area contributed by atoms with Gasteiger partial charge in [-0.05, 0) is 73.9 Å². The zero-order chi connectivity index (χ0) is 21.4. The molecular formula is C23H24ClFN2O2S. The van der Waals surface area contributed by atoms with Crippen LogP contribution in [0.5, 0.6) is 0 Å². The average molecular weight is 447 g/mol. The molecule has 1 aromatic carbocycles. The molecule has 1 saturated carbocycles. The highest BCUT2D eigenvalue weighted by Crippen LogP contribution is 2.37. The van der Waals surface area contributed by atoms with Crippen molar-refractivity contribution in [2.75, 3.05) is 0 Å². The highest BCUT2D eigenvalue weighted by molar-refractivity contribution is 8.18. The number of aromatic nitrogens is 1. The van der Waals surface area contributed by atoms with Crippen LogP contribution in [0.1, 0.15) is 60.7 Å². The van der Waals surface area contributed by atoms with Crippen LogP contribution in [0.4, 0.5) is 9.18 Å². The minimum absolute atomic E-state index is 0.0300. The summed E-state index contributed by atoms with van der Waals surface area (Å²) < 4.78 is 15.7. The molecule has 7 heteroatoms. The lowest BCUT2D eigenvalue weighted by Gasteiger charge is -2.26. The second kappa shape index (κ2) is 8.60. The maximum Gasteiger partial charge on any atom is 0.293 e. The van der Waals surface area contributed by atoms with E-state index in [0.717, 1.165) is 27.9 Å². The zero-order valence-electron chi connectivity index (χ0n) is 17.1. The van der Waals surface area contributed by atoms with Crippen molar-refractivity contribution in [1.82, 2.24) is 9.47 Å². The van der Waals surface area contributed by atoms with Crippen molar-refractivity contribution >= 4 is 40.6 Å². The molecule has 2 fully saturated rings. The molecule has 1 aliphatic heterocycles. The molecule has 1 aliphatic carbocycles. The van der Waals surface area contributed by atoms with Crippen LogP contribution in [0, 0.1) is 19.7 Å². The van der Waals surface area contributed by atoms with Crippen molar-refractivity contribution < 1.29 is 14.0 Å². The van der Waals surface area contributed by atoms with Crippen LogP contribution in [-0.2, 0) is 11.3 Å². The molecule has 2 aromatic rings. The van der Waals surface area contributed by atoms with Gasteiger partial charge in [-0.1, -0.05) is 36.9 Å². The number of aryl methyl sites for hydroxylation is 1. The van der Waals surface area contributed by atoms with Crippen LogP contribution in [0.2, 0.25) is 5.02 Å². The average Bonchev–Trinajstić information content (AvgIpc) is 3.14. The molecule has 0 unspecified atom stereocenters. The Morgan fingerprint density at radius 2 is 1.90 bits per heavy atom. The van der Waals surface area contributed by atoms with Crippen LogP contribution in [0.25, 0.3) is 6.08 Å². The van der Waals surface area contributed by atoms with E-state index in [2.05, 4.69) is 24.5 Å². The third-order valence-corrected chi connectivity index (χ3v) is 7.23. The number of benzene rings is 1. The number of hydrogen-bond donors (Lipinski definition) is 0. The number of carbonyl (C=O) groups is 2. The number of halogens is 2. The highest BCUT2D eigenvalue weighted by atomic mass is 35.5. The molecular weight excluding hydrogens is 423 g/mol. The van der Waals surface area contributed by atoms with Crippen molar-refractivity contribution in [2.24, 2.45) is 0 Å². The van der Waals surface area contributed by atoms with Crippen molar-refractivity contribution in [1.29, 1.82) is 0 Å². The summed E-state index contributed by atoms with van der Waals surface area (Å²) in [4.78, 5) is 26.9. The summed E-state index contributed by atoms with van der Waals surface area (Å²) in [7, 11) is 0. The highest BCUT2D eigenvalue weighted by Gasteiger charge is 2.35. The van der Waals surface area contributed by atoms with E-state index in [-0.39, 0.29) is 22.7 Å². The van der Waals surface area contributed by atoms with E-state index in [0.29, 0.717) is 16.5 Å². The topological polar surface area (TPSA) is 42.3 Å². The van der Waals surface area contributed by atoms with Crippen LogP contribution in [0.3, 0.4) is 0 Å². The zero-order valence-corrected chi connectivity index (χ0v) is 18.7. The molecule has 158 valence electrons. The standard InChI is InChI=1S/C23H24ClFN2O2S/c1-14-10-17(15(2)27(14)19-6-4-3-5-7-19)11-21-22(28)26(23(29)30-21)13-16-8-9-18(25)12-20(16)24/h8-12,19H,3-7,13H2,1-2H3/b21-11-. The fourth-order valence-corrected chi connectivity index (χ4v) is 5.50. The van der Waals surface area contributed by atoms with Gasteiger partial charge >= 0.3 is 0 Å². The smallest absolute Gasteiger partial charge is 0.293 e. The van der Waals surface area contributed by atoms with Crippen molar-refractivity contribution in [3.63, 3.8) is 0 Å². The van der Waals surface area contributed by atoms with Gasteiger partial charge in [0, 0.05) is 22.5 Å². The summed E-state index contributed by atoms with van der Waals surface area (Å²) in [5.41, 5.74) is 3.83.